The van der Waals surface area contributed by atoms with E-state index in [4.69, 9.17) is 27.9 Å². The van der Waals surface area contributed by atoms with E-state index in [1.807, 2.05) is 48.2 Å². The fraction of sp³-hybridized carbons (Fsp3) is 0.286. The van der Waals surface area contributed by atoms with E-state index in [9.17, 15) is 9.59 Å². The lowest BCUT2D eigenvalue weighted by molar-refractivity contribution is 0.0379. The summed E-state index contributed by atoms with van der Waals surface area (Å²) in [5.41, 5.74) is 2.34. The van der Waals surface area contributed by atoms with Crippen molar-refractivity contribution in [3.8, 4) is 5.75 Å². The molecule has 0 aromatic heterocycles. The predicted molar refractivity (Wildman–Crippen MR) is 145 cm³/mol. The van der Waals surface area contributed by atoms with Crippen molar-refractivity contribution in [1.82, 2.24) is 10.2 Å². The van der Waals surface area contributed by atoms with Crippen molar-refractivity contribution in [2.75, 3.05) is 36.0 Å². The molecule has 37 heavy (non-hydrogen) atoms. The number of fused-ring (bicyclic) bond motifs is 4. The van der Waals surface area contributed by atoms with Crippen molar-refractivity contribution in [2.45, 2.75) is 25.1 Å². The van der Waals surface area contributed by atoms with Crippen LogP contribution in [0.3, 0.4) is 0 Å². The first-order chi connectivity index (χ1) is 17.8. The van der Waals surface area contributed by atoms with E-state index in [1.54, 1.807) is 35.2 Å². The number of carbonyl (C=O) groups excluding carboxylic acids is 2. The second-order valence-electron chi connectivity index (χ2n) is 9.81. The molecule has 7 nitrogen and oxygen atoms in total. The lowest BCUT2D eigenvalue weighted by Crippen LogP contribution is -2.65. The normalized spacial score (nSPS) is 22.7. The monoisotopic (exact) mass is 536 g/mol. The van der Waals surface area contributed by atoms with Gasteiger partial charge in [0.1, 0.15) is 5.75 Å². The Balaban J connectivity index is 1.16. The molecule has 2 bridgehead atoms. The number of piperazine rings is 1. The van der Waals surface area contributed by atoms with Gasteiger partial charge in [0.05, 0.1) is 6.04 Å². The molecular formula is C28H26Cl2N4O3. The van der Waals surface area contributed by atoms with Gasteiger partial charge in [0.25, 0.3) is 5.91 Å². The lowest BCUT2D eigenvalue weighted by Gasteiger charge is -2.50. The number of rotatable bonds is 3. The molecule has 2 unspecified atom stereocenters. The third-order valence-corrected chi connectivity index (χ3v) is 7.82. The van der Waals surface area contributed by atoms with Crippen LogP contribution in [0, 0.1) is 0 Å². The van der Waals surface area contributed by atoms with Crippen LogP contribution < -0.4 is 19.9 Å². The number of amides is 3. The SMILES string of the molecule is CC12CC(NC(=O)N1c1ccc(C(=O)N3CCN(c4cccc(Cl)c4)CC3)cc1)c1cc(Cl)ccc1O2. The van der Waals surface area contributed by atoms with E-state index >= 15 is 0 Å². The predicted octanol–water partition coefficient (Wildman–Crippen LogP) is 5.73. The van der Waals surface area contributed by atoms with Gasteiger partial charge in [0.2, 0.25) is 0 Å². The molecular weight excluding hydrogens is 511 g/mol. The Hall–Kier alpha value is -3.42. The summed E-state index contributed by atoms with van der Waals surface area (Å²) in [6, 6.07) is 20.0. The van der Waals surface area contributed by atoms with E-state index in [1.165, 1.54) is 0 Å². The van der Waals surface area contributed by atoms with Gasteiger partial charge in [-0.2, -0.15) is 0 Å². The highest BCUT2D eigenvalue weighted by Gasteiger charge is 2.49. The molecule has 3 aliphatic rings. The fourth-order valence-electron chi connectivity index (χ4n) is 5.51. The summed E-state index contributed by atoms with van der Waals surface area (Å²) in [6.45, 7) is 4.63. The van der Waals surface area contributed by atoms with Crippen molar-refractivity contribution in [3.63, 3.8) is 0 Å². The number of ether oxygens (including phenoxy) is 1. The van der Waals surface area contributed by atoms with Crippen molar-refractivity contribution < 1.29 is 14.3 Å². The summed E-state index contributed by atoms with van der Waals surface area (Å²) in [5, 5.41) is 4.38. The van der Waals surface area contributed by atoms with Gasteiger partial charge >= 0.3 is 6.03 Å². The Morgan fingerprint density at radius 2 is 1.68 bits per heavy atom. The molecule has 3 aliphatic heterocycles. The van der Waals surface area contributed by atoms with Crippen LogP contribution in [0.1, 0.15) is 35.3 Å². The van der Waals surface area contributed by atoms with Crippen molar-refractivity contribution >= 4 is 46.5 Å². The number of anilines is 2. The molecule has 3 aromatic carbocycles. The Labute approximate surface area is 225 Å². The number of nitrogens with one attached hydrogen (secondary N) is 1. The molecule has 3 amide bonds. The Bertz CT molecular complexity index is 1370. The largest absolute Gasteiger partial charge is 0.467 e. The first-order valence-corrected chi connectivity index (χ1v) is 13.1. The molecule has 3 heterocycles. The van der Waals surface area contributed by atoms with Crippen LogP contribution in [-0.4, -0.2) is 48.7 Å². The number of nitrogens with zero attached hydrogens (tertiary/aromatic N) is 3. The molecule has 0 saturated carbocycles. The number of hydrogen-bond donors (Lipinski definition) is 1. The molecule has 2 fully saturated rings. The average molecular weight is 537 g/mol. The smallest absolute Gasteiger partial charge is 0.325 e. The van der Waals surface area contributed by atoms with Crippen LogP contribution in [0.5, 0.6) is 5.75 Å². The zero-order valence-electron chi connectivity index (χ0n) is 20.3. The molecule has 3 aromatic rings. The van der Waals surface area contributed by atoms with Crippen molar-refractivity contribution in [2.24, 2.45) is 0 Å². The first kappa shape index (κ1) is 23.9. The highest BCUT2D eigenvalue weighted by Crippen LogP contribution is 2.46. The maximum Gasteiger partial charge on any atom is 0.325 e. The minimum Gasteiger partial charge on any atom is -0.467 e. The summed E-state index contributed by atoms with van der Waals surface area (Å²) < 4.78 is 6.33. The summed E-state index contributed by atoms with van der Waals surface area (Å²) in [5.74, 6) is 0.684. The number of halogens is 2. The zero-order chi connectivity index (χ0) is 25.7. The molecule has 190 valence electrons. The minimum absolute atomic E-state index is 0.0219. The quantitative estimate of drug-likeness (QED) is 0.464. The maximum atomic E-state index is 13.2. The van der Waals surface area contributed by atoms with Gasteiger partial charge in [0, 0.05) is 65.1 Å². The summed E-state index contributed by atoms with van der Waals surface area (Å²) in [4.78, 5) is 32.1. The number of carbonyl (C=O) groups is 2. The second kappa shape index (κ2) is 9.15. The van der Waals surface area contributed by atoms with Crippen LogP contribution in [0.2, 0.25) is 10.0 Å². The van der Waals surface area contributed by atoms with Crippen molar-refractivity contribution in [1.29, 1.82) is 0 Å². The summed E-state index contributed by atoms with van der Waals surface area (Å²) in [6.07, 6.45) is 0.573. The van der Waals surface area contributed by atoms with Crippen molar-refractivity contribution in [3.05, 3.63) is 87.9 Å². The topological polar surface area (TPSA) is 65.1 Å². The van der Waals surface area contributed by atoms with Crippen LogP contribution in [0.4, 0.5) is 16.2 Å². The van der Waals surface area contributed by atoms with Crippen LogP contribution in [-0.2, 0) is 0 Å². The molecule has 0 spiro atoms. The van der Waals surface area contributed by atoms with E-state index in [-0.39, 0.29) is 18.0 Å². The average Bonchev–Trinajstić information content (AvgIpc) is 2.89. The van der Waals surface area contributed by atoms with E-state index < -0.39 is 5.72 Å². The minimum atomic E-state index is -0.865. The summed E-state index contributed by atoms with van der Waals surface area (Å²) in [7, 11) is 0. The van der Waals surface area contributed by atoms with Gasteiger partial charge < -0.3 is 19.9 Å². The standard InChI is InChI=1S/C28H26Cl2N4O3/c1-28-17-24(23-16-20(30)7-10-25(23)37-28)31-27(36)34(28)21-8-5-18(6-9-21)26(35)33-13-11-32(12-14-33)22-4-2-3-19(29)15-22/h2-10,15-16,24H,11-14,17H2,1H3,(H,31,36). The van der Waals surface area contributed by atoms with Gasteiger partial charge in [-0.1, -0.05) is 29.3 Å². The van der Waals surface area contributed by atoms with E-state index in [0.717, 1.165) is 24.3 Å². The highest BCUT2D eigenvalue weighted by molar-refractivity contribution is 6.31. The Morgan fingerprint density at radius 3 is 2.41 bits per heavy atom. The number of benzene rings is 3. The molecule has 0 radical (unpaired) electrons. The number of urea groups is 1. The zero-order valence-corrected chi connectivity index (χ0v) is 21.8. The third kappa shape index (κ3) is 4.36. The Morgan fingerprint density at radius 1 is 0.946 bits per heavy atom. The molecule has 9 heteroatoms. The highest BCUT2D eigenvalue weighted by atomic mass is 35.5. The van der Waals surface area contributed by atoms with Gasteiger partial charge in [-0.3, -0.25) is 9.69 Å². The van der Waals surface area contributed by atoms with Crippen LogP contribution in [0.15, 0.2) is 66.7 Å². The molecule has 6 rings (SSSR count). The van der Waals surface area contributed by atoms with E-state index in [0.29, 0.717) is 46.6 Å². The summed E-state index contributed by atoms with van der Waals surface area (Å²) >= 11 is 12.3. The maximum absolute atomic E-state index is 13.2. The fourth-order valence-corrected chi connectivity index (χ4v) is 5.88. The molecule has 2 atom stereocenters. The second-order valence-corrected chi connectivity index (χ2v) is 10.7. The Kier molecular flexibility index (Phi) is 5.92. The number of hydrogen-bond acceptors (Lipinski definition) is 4. The first-order valence-electron chi connectivity index (χ1n) is 12.3. The van der Waals surface area contributed by atoms with Crippen LogP contribution >= 0.6 is 23.2 Å². The van der Waals surface area contributed by atoms with Gasteiger partial charge in [0.15, 0.2) is 5.72 Å². The molecule has 2 saturated heterocycles. The van der Waals surface area contributed by atoms with Gasteiger partial charge in [-0.25, -0.2) is 4.79 Å². The van der Waals surface area contributed by atoms with Gasteiger partial charge in [-0.05, 0) is 67.6 Å². The lowest BCUT2D eigenvalue weighted by atomic mass is 9.90. The third-order valence-electron chi connectivity index (χ3n) is 7.35. The molecule has 1 N–H and O–H groups in total. The molecule has 0 aliphatic carbocycles. The van der Waals surface area contributed by atoms with Crippen LogP contribution in [0.25, 0.3) is 0 Å². The van der Waals surface area contributed by atoms with E-state index in [2.05, 4.69) is 10.2 Å². The van der Waals surface area contributed by atoms with Gasteiger partial charge in [-0.15, -0.1) is 0 Å².